The highest BCUT2D eigenvalue weighted by Crippen LogP contribution is 2.21. The van der Waals surface area contributed by atoms with Crippen LogP contribution >= 0.6 is 22.9 Å². The molecule has 6 heteroatoms. The van der Waals surface area contributed by atoms with Crippen LogP contribution in [0.25, 0.3) is 22.1 Å². The normalized spacial score (nSPS) is 12.1. The van der Waals surface area contributed by atoms with Crippen LogP contribution in [0.1, 0.15) is 11.1 Å². The Kier molecular flexibility index (Phi) is 4.54. The molecule has 0 fully saturated rings. The van der Waals surface area contributed by atoms with Gasteiger partial charge >= 0.3 is 0 Å². The van der Waals surface area contributed by atoms with Crippen molar-refractivity contribution in [2.45, 2.75) is 6.61 Å². The number of hydrogen-bond acceptors (Lipinski definition) is 4. The van der Waals surface area contributed by atoms with Gasteiger partial charge in [0.15, 0.2) is 4.96 Å². The van der Waals surface area contributed by atoms with E-state index >= 15 is 0 Å². The summed E-state index contributed by atoms with van der Waals surface area (Å²) in [5, 5.41) is 0.695. The summed E-state index contributed by atoms with van der Waals surface area (Å²) in [6.07, 6.45) is 1.87. The zero-order chi connectivity index (χ0) is 19.8. The summed E-state index contributed by atoms with van der Waals surface area (Å²) < 4.78 is 8.30. The Morgan fingerprint density at radius 3 is 2.62 bits per heavy atom. The van der Waals surface area contributed by atoms with Gasteiger partial charge in [-0.15, -0.1) is 0 Å². The predicted molar refractivity (Wildman–Crippen MR) is 118 cm³/mol. The van der Waals surface area contributed by atoms with Crippen LogP contribution in [-0.2, 0) is 6.61 Å². The van der Waals surface area contributed by atoms with E-state index in [1.165, 1.54) is 11.3 Å². The maximum Gasteiger partial charge on any atom is 0.274 e. The van der Waals surface area contributed by atoms with Gasteiger partial charge in [0.2, 0.25) is 0 Å². The summed E-state index contributed by atoms with van der Waals surface area (Å²) >= 11 is 7.32. The molecule has 0 unspecified atom stereocenters. The van der Waals surface area contributed by atoms with Gasteiger partial charge in [0.05, 0.1) is 15.6 Å². The summed E-state index contributed by atoms with van der Waals surface area (Å²) in [4.78, 5) is 18.2. The molecule has 0 aliphatic heterocycles. The van der Waals surface area contributed by atoms with Crippen LogP contribution < -0.4 is 14.8 Å². The fraction of sp³-hybridized carbons (Fsp3) is 0.0435. The zero-order valence-electron chi connectivity index (χ0n) is 15.2. The molecule has 5 rings (SSSR count). The number of nitrogens with zero attached hydrogens (tertiary/aromatic N) is 2. The number of benzene rings is 3. The van der Waals surface area contributed by atoms with Crippen LogP contribution in [0.15, 0.2) is 77.6 Å². The van der Waals surface area contributed by atoms with Gasteiger partial charge in [-0.1, -0.05) is 65.4 Å². The van der Waals surface area contributed by atoms with Crippen molar-refractivity contribution in [3.05, 3.63) is 104 Å². The number of fused-ring (bicyclic) bond motifs is 3. The molecule has 0 radical (unpaired) electrons. The first-order valence-electron chi connectivity index (χ1n) is 9.07. The maximum atomic E-state index is 13.0. The molecule has 2 heterocycles. The fourth-order valence-electron chi connectivity index (χ4n) is 3.23. The van der Waals surface area contributed by atoms with E-state index in [1.807, 2.05) is 78.9 Å². The molecule has 0 amide bonds. The first-order chi connectivity index (χ1) is 14.2. The summed E-state index contributed by atoms with van der Waals surface area (Å²) in [7, 11) is 0. The molecule has 0 bridgehead atoms. The Morgan fingerprint density at radius 1 is 1.00 bits per heavy atom. The lowest BCUT2D eigenvalue weighted by atomic mass is 10.2. The van der Waals surface area contributed by atoms with Crippen LogP contribution in [0.3, 0.4) is 0 Å². The van der Waals surface area contributed by atoms with Gasteiger partial charge in [0.1, 0.15) is 12.4 Å². The molecule has 2 aromatic heterocycles. The van der Waals surface area contributed by atoms with E-state index in [-0.39, 0.29) is 5.56 Å². The second kappa shape index (κ2) is 7.35. The Bertz CT molecular complexity index is 1440. The van der Waals surface area contributed by atoms with Crippen molar-refractivity contribution in [2.75, 3.05) is 0 Å². The van der Waals surface area contributed by atoms with Crippen LogP contribution in [0.5, 0.6) is 5.75 Å². The number of imidazole rings is 1. The molecule has 0 aliphatic carbocycles. The van der Waals surface area contributed by atoms with Crippen LogP contribution in [0.2, 0.25) is 5.02 Å². The molecule has 0 aliphatic rings. The molecule has 5 aromatic rings. The molecule has 29 heavy (non-hydrogen) atoms. The average Bonchev–Trinajstić information content (AvgIpc) is 3.25. The lowest BCUT2D eigenvalue weighted by molar-refractivity contribution is 0.305. The van der Waals surface area contributed by atoms with E-state index in [0.29, 0.717) is 21.1 Å². The molecular formula is C23H15ClN2O2S. The van der Waals surface area contributed by atoms with Crippen molar-refractivity contribution >= 4 is 45.0 Å². The quantitative estimate of drug-likeness (QED) is 0.425. The lowest BCUT2D eigenvalue weighted by Crippen LogP contribution is -2.22. The van der Waals surface area contributed by atoms with Crippen LogP contribution in [-0.4, -0.2) is 9.38 Å². The number of thiazole rings is 1. The highest BCUT2D eigenvalue weighted by molar-refractivity contribution is 7.15. The smallest absolute Gasteiger partial charge is 0.274 e. The largest absolute Gasteiger partial charge is 0.488 e. The predicted octanol–water partition coefficient (Wildman–Crippen LogP) is 4.69. The van der Waals surface area contributed by atoms with Crippen molar-refractivity contribution in [3.63, 3.8) is 0 Å². The van der Waals surface area contributed by atoms with E-state index in [2.05, 4.69) is 4.98 Å². The summed E-state index contributed by atoms with van der Waals surface area (Å²) in [6, 6.07) is 22.9. The molecule has 3 aromatic carbocycles. The second-order valence-corrected chi connectivity index (χ2v) is 8.03. The minimum Gasteiger partial charge on any atom is -0.488 e. The first kappa shape index (κ1) is 17.9. The summed E-state index contributed by atoms with van der Waals surface area (Å²) in [5.41, 5.74) is 3.47. The number of ether oxygens (including phenoxy) is 1. The van der Waals surface area contributed by atoms with E-state index in [1.54, 1.807) is 4.40 Å². The number of halogens is 1. The highest BCUT2D eigenvalue weighted by atomic mass is 35.5. The Balaban J connectivity index is 1.53. The van der Waals surface area contributed by atoms with Gasteiger partial charge < -0.3 is 4.74 Å². The molecular weight excluding hydrogens is 404 g/mol. The van der Waals surface area contributed by atoms with Crippen LogP contribution in [0.4, 0.5) is 0 Å². The summed E-state index contributed by atoms with van der Waals surface area (Å²) in [6.45, 7) is 0.421. The van der Waals surface area contributed by atoms with Crippen LogP contribution in [0, 0.1) is 0 Å². The third kappa shape index (κ3) is 3.39. The second-order valence-electron chi connectivity index (χ2n) is 6.59. The monoisotopic (exact) mass is 418 g/mol. The zero-order valence-corrected chi connectivity index (χ0v) is 16.8. The number of rotatable bonds is 4. The maximum absolute atomic E-state index is 13.0. The van der Waals surface area contributed by atoms with Gasteiger partial charge in [-0.25, -0.2) is 9.38 Å². The third-order valence-corrected chi connectivity index (χ3v) is 5.88. The molecule has 142 valence electrons. The Hall–Kier alpha value is -3.15. The highest BCUT2D eigenvalue weighted by Gasteiger charge is 2.11. The fourth-order valence-corrected chi connectivity index (χ4v) is 4.33. The number of para-hydroxylation sites is 3. The van der Waals surface area contributed by atoms with Gasteiger partial charge in [0.25, 0.3) is 5.56 Å². The standard InChI is InChI=1S/C23H15ClN2O2S/c24-17-11-9-15(10-12-17)14-28-20-8-4-1-5-16(20)13-21-22(27)26-19-7-3-2-6-18(19)25-23(26)29-21/h1-13H,14H2/b21-13-. The van der Waals surface area contributed by atoms with Gasteiger partial charge in [-0.2, -0.15) is 0 Å². The summed E-state index contributed by atoms with van der Waals surface area (Å²) in [5.74, 6) is 0.720. The van der Waals surface area contributed by atoms with Crippen molar-refractivity contribution in [1.29, 1.82) is 0 Å². The van der Waals surface area contributed by atoms with E-state index in [9.17, 15) is 4.79 Å². The van der Waals surface area contributed by atoms with Crippen molar-refractivity contribution in [2.24, 2.45) is 0 Å². The topological polar surface area (TPSA) is 43.6 Å². The van der Waals surface area contributed by atoms with E-state index < -0.39 is 0 Å². The van der Waals surface area contributed by atoms with E-state index in [0.717, 1.165) is 27.9 Å². The molecule has 0 atom stereocenters. The van der Waals surface area contributed by atoms with Crippen molar-refractivity contribution in [3.8, 4) is 5.75 Å². The number of hydrogen-bond donors (Lipinski definition) is 0. The molecule has 0 saturated carbocycles. The van der Waals surface area contributed by atoms with Gasteiger partial charge in [-0.3, -0.25) is 4.79 Å². The Labute approximate surface area is 175 Å². The van der Waals surface area contributed by atoms with Crippen molar-refractivity contribution < 1.29 is 4.74 Å². The molecule has 0 saturated heterocycles. The average molecular weight is 419 g/mol. The van der Waals surface area contributed by atoms with Crippen molar-refractivity contribution in [1.82, 2.24) is 9.38 Å². The number of aromatic nitrogens is 2. The molecule has 4 nitrogen and oxygen atoms in total. The lowest BCUT2D eigenvalue weighted by Gasteiger charge is -2.09. The Morgan fingerprint density at radius 2 is 1.76 bits per heavy atom. The molecule has 0 N–H and O–H groups in total. The molecule has 0 spiro atoms. The third-order valence-electron chi connectivity index (χ3n) is 4.66. The van der Waals surface area contributed by atoms with Gasteiger partial charge in [-0.05, 0) is 42.0 Å². The minimum absolute atomic E-state index is 0.0637. The van der Waals surface area contributed by atoms with Gasteiger partial charge in [0, 0.05) is 10.6 Å². The SMILES string of the molecule is O=c1/c(=C/c2ccccc2OCc2ccc(Cl)cc2)sc2nc3ccccc3n12. The first-order valence-corrected chi connectivity index (χ1v) is 10.3. The van der Waals surface area contributed by atoms with E-state index in [4.69, 9.17) is 16.3 Å². The minimum atomic E-state index is -0.0637.